The fourth-order valence-corrected chi connectivity index (χ4v) is 5.27. The van der Waals surface area contributed by atoms with E-state index in [4.69, 9.17) is 4.74 Å². The standard InChI is InChI=1S/C25H31FN6O/c1-33-23-14-8-7-13-22(23)30-15-17-31(18-16-30)24(20-11-5-6-12-21(20)26)25-27-28-29-32(25)19-9-3-2-4-10-19/h5-8,11-14,19,24H,2-4,9-10,15-18H2,1H3/t24-/m0/s1. The molecule has 174 valence electrons. The van der Waals surface area contributed by atoms with Gasteiger partial charge in [-0.15, -0.1) is 5.10 Å². The number of aromatic nitrogens is 4. The average molecular weight is 451 g/mol. The zero-order valence-corrected chi connectivity index (χ0v) is 19.1. The van der Waals surface area contributed by atoms with Crippen molar-refractivity contribution in [2.75, 3.05) is 38.2 Å². The monoisotopic (exact) mass is 450 g/mol. The van der Waals surface area contributed by atoms with Gasteiger partial charge in [0.05, 0.1) is 18.8 Å². The van der Waals surface area contributed by atoms with Crippen molar-refractivity contribution in [1.82, 2.24) is 25.1 Å². The molecule has 0 unspecified atom stereocenters. The molecule has 1 atom stereocenters. The number of nitrogens with zero attached hydrogens (tertiary/aromatic N) is 6. The summed E-state index contributed by atoms with van der Waals surface area (Å²) in [6.07, 6.45) is 5.78. The van der Waals surface area contributed by atoms with Crippen molar-refractivity contribution >= 4 is 5.69 Å². The Morgan fingerprint density at radius 2 is 1.67 bits per heavy atom. The number of tetrazole rings is 1. The Balaban J connectivity index is 1.44. The summed E-state index contributed by atoms with van der Waals surface area (Å²) in [7, 11) is 1.70. The first-order chi connectivity index (χ1) is 16.3. The Bertz CT molecular complexity index is 1060. The minimum atomic E-state index is -0.317. The molecule has 0 amide bonds. The van der Waals surface area contributed by atoms with Gasteiger partial charge in [-0.1, -0.05) is 49.6 Å². The van der Waals surface area contributed by atoms with E-state index in [1.54, 1.807) is 13.2 Å². The van der Waals surface area contributed by atoms with Crippen molar-refractivity contribution in [1.29, 1.82) is 0 Å². The van der Waals surface area contributed by atoms with Crippen molar-refractivity contribution in [3.63, 3.8) is 0 Å². The van der Waals surface area contributed by atoms with E-state index in [1.807, 2.05) is 35.0 Å². The Morgan fingerprint density at radius 1 is 0.939 bits per heavy atom. The van der Waals surface area contributed by atoms with Crippen molar-refractivity contribution in [2.45, 2.75) is 44.2 Å². The SMILES string of the molecule is COc1ccccc1N1CCN([C@@H](c2ccccc2F)c2nnnn2C2CCCCC2)CC1. The lowest BCUT2D eigenvalue weighted by atomic mass is 9.95. The Morgan fingerprint density at radius 3 is 2.42 bits per heavy atom. The fourth-order valence-electron chi connectivity index (χ4n) is 5.27. The van der Waals surface area contributed by atoms with Gasteiger partial charge in [0.15, 0.2) is 5.82 Å². The number of ether oxygens (including phenoxy) is 1. The van der Waals surface area contributed by atoms with E-state index < -0.39 is 0 Å². The maximum absolute atomic E-state index is 15.1. The Kier molecular flexibility index (Phi) is 6.53. The van der Waals surface area contributed by atoms with E-state index in [0.29, 0.717) is 5.56 Å². The van der Waals surface area contributed by atoms with Crippen molar-refractivity contribution in [2.24, 2.45) is 0 Å². The highest BCUT2D eigenvalue weighted by Gasteiger charge is 2.34. The molecular formula is C25H31FN6O. The molecule has 2 aliphatic rings. The number of halogens is 1. The number of anilines is 1. The van der Waals surface area contributed by atoms with Crippen molar-refractivity contribution in [3.05, 3.63) is 65.7 Å². The van der Waals surface area contributed by atoms with E-state index in [1.165, 1.54) is 25.3 Å². The van der Waals surface area contributed by atoms with Gasteiger partial charge in [0.2, 0.25) is 0 Å². The highest BCUT2D eigenvalue weighted by molar-refractivity contribution is 5.58. The molecule has 33 heavy (non-hydrogen) atoms. The fraction of sp³-hybridized carbons (Fsp3) is 0.480. The number of piperazine rings is 1. The zero-order valence-electron chi connectivity index (χ0n) is 19.1. The minimum Gasteiger partial charge on any atom is -0.495 e. The molecule has 0 bridgehead atoms. The summed E-state index contributed by atoms with van der Waals surface area (Å²) in [5.74, 6) is 1.41. The zero-order chi connectivity index (χ0) is 22.6. The number of hydrogen-bond acceptors (Lipinski definition) is 6. The van der Waals surface area contributed by atoms with Gasteiger partial charge in [-0.3, -0.25) is 4.90 Å². The molecule has 7 nitrogen and oxygen atoms in total. The molecule has 0 radical (unpaired) electrons. The quantitative estimate of drug-likeness (QED) is 0.560. The van der Waals surface area contributed by atoms with E-state index in [0.717, 1.165) is 56.3 Å². The lowest BCUT2D eigenvalue weighted by molar-refractivity contribution is 0.190. The number of hydrogen-bond donors (Lipinski definition) is 0. The summed E-state index contributed by atoms with van der Waals surface area (Å²) < 4.78 is 22.6. The molecule has 8 heteroatoms. The van der Waals surface area contributed by atoms with Crippen LogP contribution in [0.3, 0.4) is 0 Å². The molecule has 0 spiro atoms. The van der Waals surface area contributed by atoms with Crippen molar-refractivity contribution < 1.29 is 9.13 Å². The van der Waals surface area contributed by atoms with Crippen LogP contribution in [0.15, 0.2) is 48.5 Å². The van der Waals surface area contributed by atoms with Gasteiger partial charge in [-0.05, 0) is 41.5 Å². The first-order valence-corrected chi connectivity index (χ1v) is 11.9. The first kappa shape index (κ1) is 21.8. The largest absolute Gasteiger partial charge is 0.495 e. The second-order valence-electron chi connectivity index (χ2n) is 8.89. The Labute approximate surface area is 194 Å². The predicted octanol–water partition coefficient (Wildman–Crippen LogP) is 4.24. The lowest BCUT2D eigenvalue weighted by Crippen LogP contribution is -2.48. The topological polar surface area (TPSA) is 59.3 Å². The molecule has 0 N–H and O–H groups in total. The van der Waals surface area contributed by atoms with Crippen molar-refractivity contribution in [3.8, 4) is 5.75 Å². The van der Waals surface area contributed by atoms with Gasteiger partial charge < -0.3 is 9.64 Å². The van der Waals surface area contributed by atoms with Gasteiger partial charge in [0, 0.05) is 31.7 Å². The van der Waals surface area contributed by atoms with E-state index in [-0.39, 0.29) is 17.9 Å². The van der Waals surface area contributed by atoms with Crippen LogP contribution in [-0.2, 0) is 0 Å². The third-order valence-corrected chi connectivity index (χ3v) is 6.99. The molecule has 2 aromatic carbocycles. The molecule has 3 aromatic rings. The third kappa shape index (κ3) is 4.44. The Hall–Kier alpha value is -3.00. The summed E-state index contributed by atoms with van der Waals surface area (Å²) >= 11 is 0. The van der Waals surface area contributed by atoms with Gasteiger partial charge in [-0.25, -0.2) is 9.07 Å². The van der Waals surface area contributed by atoms with E-state index in [2.05, 4.69) is 31.4 Å². The summed E-state index contributed by atoms with van der Waals surface area (Å²) in [4.78, 5) is 4.65. The van der Waals surface area contributed by atoms with E-state index >= 15 is 4.39 Å². The van der Waals surface area contributed by atoms with Crippen LogP contribution < -0.4 is 9.64 Å². The van der Waals surface area contributed by atoms with Gasteiger partial charge in [-0.2, -0.15) is 0 Å². The third-order valence-electron chi connectivity index (χ3n) is 6.99. The average Bonchev–Trinajstić information content (AvgIpc) is 3.36. The highest BCUT2D eigenvalue weighted by Crippen LogP contribution is 2.35. The molecule has 1 saturated heterocycles. The normalized spacial score (nSPS) is 18.9. The number of methoxy groups -OCH3 is 1. The van der Waals surface area contributed by atoms with Crippen LogP contribution in [0, 0.1) is 5.82 Å². The van der Waals surface area contributed by atoms with Crippen LogP contribution in [0.1, 0.15) is 55.6 Å². The number of benzene rings is 2. The lowest BCUT2D eigenvalue weighted by Gasteiger charge is -2.40. The second kappa shape index (κ2) is 9.87. The molecule has 1 aliphatic heterocycles. The molecule has 2 fully saturated rings. The summed E-state index contributed by atoms with van der Waals surface area (Å²) in [5.41, 5.74) is 1.73. The smallest absolute Gasteiger partial charge is 0.173 e. The first-order valence-electron chi connectivity index (χ1n) is 11.9. The summed E-state index contributed by atoms with van der Waals surface area (Å²) in [5, 5.41) is 12.9. The summed E-state index contributed by atoms with van der Waals surface area (Å²) in [6.45, 7) is 3.18. The van der Waals surface area contributed by atoms with E-state index in [9.17, 15) is 0 Å². The molecule has 1 aliphatic carbocycles. The van der Waals surface area contributed by atoms with Crippen LogP contribution in [0.25, 0.3) is 0 Å². The summed E-state index contributed by atoms with van der Waals surface area (Å²) in [6, 6.07) is 15.1. The van der Waals surface area contributed by atoms with Crippen LogP contribution in [0.2, 0.25) is 0 Å². The molecular weight excluding hydrogens is 419 g/mol. The van der Waals surface area contributed by atoms with Crippen LogP contribution in [-0.4, -0.2) is 58.4 Å². The van der Waals surface area contributed by atoms with Crippen LogP contribution in [0.4, 0.5) is 10.1 Å². The van der Waals surface area contributed by atoms with Gasteiger partial charge in [0.25, 0.3) is 0 Å². The molecule has 2 heterocycles. The maximum Gasteiger partial charge on any atom is 0.173 e. The van der Waals surface area contributed by atoms with Gasteiger partial charge >= 0.3 is 0 Å². The molecule has 5 rings (SSSR count). The van der Waals surface area contributed by atoms with Gasteiger partial charge in [0.1, 0.15) is 17.6 Å². The van der Waals surface area contributed by atoms with Crippen LogP contribution >= 0.6 is 0 Å². The number of para-hydroxylation sites is 2. The molecule has 1 saturated carbocycles. The minimum absolute atomic E-state index is 0.215. The maximum atomic E-state index is 15.1. The highest BCUT2D eigenvalue weighted by atomic mass is 19.1. The second-order valence-corrected chi connectivity index (χ2v) is 8.89. The van der Waals surface area contributed by atoms with Crippen LogP contribution in [0.5, 0.6) is 5.75 Å². The number of rotatable bonds is 6. The predicted molar refractivity (Wildman–Crippen MR) is 125 cm³/mol. The molecule has 1 aromatic heterocycles.